The van der Waals surface area contributed by atoms with Crippen molar-refractivity contribution < 1.29 is 13.5 Å². The fourth-order valence-corrected chi connectivity index (χ4v) is 3.88. The van der Waals surface area contributed by atoms with Gasteiger partial charge in [-0.05, 0) is 49.5 Å². The molecule has 3 nitrogen and oxygen atoms in total. The van der Waals surface area contributed by atoms with E-state index < -0.39 is 9.84 Å². The highest BCUT2D eigenvalue weighted by Gasteiger charge is 2.29. The quantitative estimate of drug-likeness (QED) is 0.909. The van der Waals surface area contributed by atoms with Crippen molar-refractivity contribution in [3.05, 3.63) is 35.9 Å². The van der Waals surface area contributed by atoms with Crippen LogP contribution in [0.5, 0.6) is 0 Å². The van der Waals surface area contributed by atoms with Gasteiger partial charge in [0.1, 0.15) is 9.84 Å². The van der Waals surface area contributed by atoms with E-state index >= 15 is 0 Å². The lowest BCUT2D eigenvalue weighted by Gasteiger charge is -2.33. The van der Waals surface area contributed by atoms with Crippen LogP contribution >= 0.6 is 0 Å². The SMILES string of the molecule is CS(=O)(=O)CCCC1CC(c2ccccc2)CCC1O. The molecule has 20 heavy (non-hydrogen) atoms. The zero-order valence-corrected chi connectivity index (χ0v) is 12.8. The van der Waals surface area contributed by atoms with Crippen molar-refractivity contribution in [2.45, 2.75) is 44.1 Å². The molecule has 0 saturated heterocycles. The Labute approximate surface area is 121 Å². The number of rotatable bonds is 5. The smallest absolute Gasteiger partial charge is 0.147 e. The molecule has 1 aromatic rings. The number of sulfone groups is 1. The first-order chi connectivity index (χ1) is 9.46. The topological polar surface area (TPSA) is 54.4 Å². The van der Waals surface area contributed by atoms with Gasteiger partial charge in [-0.1, -0.05) is 30.3 Å². The van der Waals surface area contributed by atoms with Crippen LogP contribution in [0, 0.1) is 5.92 Å². The predicted octanol–water partition coefficient (Wildman–Crippen LogP) is 2.76. The summed E-state index contributed by atoms with van der Waals surface area (Å²) in [5.41, 5.74) is 1.34. The Balaban J connectivity index is 1.91. The van der Waals surface area contributed by atoms with Gasteiger partial charge in [0.25, 0.3) is 0 Å². The standard InChI is InChI=1S/C16H24O3S/c1-20(18,19)11-5-8-15-12-14(9-10-16(15)17)13-6-3-2-4-7-13/h2-4,6-7,14-17H,5,8-12H2,1H3. The largest absolute Gasteiger partial charge is 0.393 e. The van der Waals surface area contributed by atoms with Gasteiger partial charge in [-0.15, -0.1) is 0 Å². The van der Waals surface area contributed by atoms with E-state index in [4.69, 9.17) is 0 Å². The lowest BCUT2D eigenvalue weighted by molar-refractivity contribution is 0.0571. The highest BCUT2D eigenvalue weighted by atomic mass is 32.2. The van der Waals surface area contributed by atoms with Crippen LogP contribution < -0.4 is 0 Å². The van der Waals surface area contributed by atoms with Crippen molar-refractivity contribution in [3.63, 3.8) is 0 Å². The monoisotopic (exact) mass is 296 g/mol. The van der Waals surface area contributed by atoms with Gasteiger partial charge in [-0.25, -0.2) is 8.42 Å². The lowest BCUT2D eigenvalue weighted by atomic mass is 9.75. The fourth-order valence-electron chi connectivity index (χ4n) is 3.19. The molecule has 112 valence electrons. The molecule has 1 aliphatic rings. The Kier molecular flexibility index (Phi) is 5.22. The Morgan fingerprint density at radius 2 is 1.90 bits per heavy atom. The number of aliphatic hydroxyl groups excluding tert-OH is 1. The molecule has 3 unspecified atom stereocenters. The van der Waals surface area contributed by atoms with Gasteiger partial charge < -0.3 is 5.11 Å². The number of hydrogen-bond donors (Lipinski definition) is 1. The zero-order chi connectivity index (χ0) is 14.6. The molecule has 2 rings (SSSR count). The molecule has 1 aromatic carbocycles. The maximum absolute atomic E-state index is 11.2. The molecule has 0 aliphatic heterocycles. The third-order valence-corrected chi connectivity index (χ3v) is 5.33. The molecule has 0 bridgehead atoms. The van der Waals surface area contributed by atoms with Crippen LogP contribution in [-0.4, -0.2) is 31.6 Å². The third kappa shape index (κ3) is 4.60. The summed E-state index contributed by atoms with van der Waals surface area (Å²) < 4.78 is 22.4. The van der Waals surface area contributed by atoms with E-state index in [0.717, 1.165) is 25.7 Å². The molecule has 4 heteroatoms. The van der Waals surface area contributed by atoms with Crippen molar-refractivity contribution in [2.24, 2.45) is 5.92 Å². The molecule has 1 fully saturated rings. The van der Waals surface area contributed by atoms with Gasteiger partial charge in [0.05, 0.1) is 6.10 Å². The first-order valence-electron chi connectivity index (χ1n) is 7.36. The van der Waals surface area contributed by atoms with Crippen LogP contribution in [-0.2, 0) is 9.84 Å². The molecule has 0 amide bonds. The van der Waals surface area contributed by atoms with Crippen LogP contribution in [0.3, 0.4) is 0 Å². The second-order valence-electron chi connectivity index (χ2n) is 6.02. The van der Waals surface area contributed by atoms with E-state index in [0.29, 0.717) is 12.3 Å². The summed E-state index contributed by atoms with van der Waals surface area (Å²) in [5, 5.41) is 10.1. The minimum absolute atomic E-state index is 0.228. The first-order valence-corrected chi connectivity index (χ1v) is 9.42. The summed E-state index contributed by atoms with van der Waals surface area (Å²) in [6, 6.07) is 10.4. The molecular weight excluding hydrogens is 272 g/mol. The second-order valence-corrected chi connectivity index (χ2v) is 8.28. The fraction of sp³-hybridized carbons (Fsp3) is 0.625. The van der Waals surface area contributed by atoms with E-state index in [9.17, 15) is 13.5 Å². The molecule has 0 spiro atoms. The van der Waals surface area contributed by atoms with Gasteiger partial charge in [-0.2, -0.15) is 0 Å². The maximum atomic E-state index is 11.2. The van der Waals surface area contributed by atoms with Crippen molar-refractivity contribution >= 4 is 9.84 Å². The highest BCUT2D eigenvalue weighted by Crippen LogP contribution is 2.38. The van der Waals surface area contributed by atoms with Gasteiger partial charge in [0, 0.05) is 12.0 Å². The number of hydrogen-bond acceptors (Lipinski definition) is 3. The average Bonchev–Trinajstić information content (AvgIpc) is 2.40. The average molecular weight is 296 g/mol. The van der Waals surface area contributed by atoms with Crippen molar-refractivity contribution in [3.8, 4) is 0 Å². The van der Waals surface area contributed by atoms with E-state index in [2.05, 4.69) is 24.3 Å². The van der Waals surface area contributed by atoms with Gasteiger partial charge in [0.15, 0.2) is 0 Å². The lowest BCUT2D eigenvalue weighted by Crippen LogP contribution is -2.28. The Bertz CT molecular complexity index is 510. The summed E-state index contributed by atoms with van der Waals surface area (Å²) in [6.45, 7) is 0. The molecule has 0 aromatic heterocycles. The second kappa shape index (κ2) is 6.72. The molecule has 1 aliphatic carbocycles. The molecule has 0 heterocycles. The van der Waals surface area contributed by atoms with Crippen LogP contribution in [0.15, 0.2) is 30.3 Å². The Morgan fingerprint density at radius 1 is 1.20 bits per heavy atom. The van der Waals surface area contributed by atoms with Crippen LogP contribution in [0.4, 0.5) is 0 Å². The maximum Gasteiger partial charge on any atom is 0.147 e. The first kappa shape index (κ1) is 15.5. The predicted molar refractivity (Wildman–Crippen MR) is 81.5 cm³/mol. The minimum atomic E-state index is -2.89. The summed E-state index contributed by atoms with van der Waals surface area (Å²) in [5.74, 6) is 0.963. The zero-order valence-electron chi connectivity index (χ0n) is 12.0. The molecule has 1 saturated carbocycles. The summed E-state index contributed by atoms with van der Waals surface area (Å²) in [6.07, 6.45) is 5.28. The van der Waals surface area contributed by atoms with Gasteiger partial charge >= 0.3 is 0 Å². The van der Waals surface area contributed by atoms with E-state index in [1.165, 1.54) is 11.8 Å². The summed E-state index contributed by atoms with van der Waals surface area (Å²) in [4.78, 5) is 0. The summed E-state index contributed by atoms with van der Waals surface area (Å²) in [7, 11) is -2.89. The van der Waals surface area contributed by atoms with E-state index in [1.54, 1.807) is 0 Å². The summed E-state index contributed by atoms with van der Waals surface area (Å²) >= 11 is 0. The van der Waals surface area contributed by atoms with Gasteiger partial charge in [-0.3, -0.25) is 0 Å². The molecular formula is C16H24O3S. The van der Waals surface area contributed by atoms with Crippen molar-refractivity contribution in [1.82, 2.24) is 0 Å². The third-order valence-electron chi connectivity index (χ3n) is 4.30. The Hall–Kier alpha value is -0.870. The van der Waals surface area contributed by atoms with Crippen LogP contribution in [0.25, 0.3) is 0 Å². The molecule has 1 N–H and O–H groups in total. The van der Waals surface area contributed by atoms with Crippen LogP contribution in [0.1, 0.15) is 43.6 Å². The normalized spacial score (nSPS) is 27.4. The number of benzene rings is 1. The van der Waals surface area contributed by atoms with E-state index in [1.807, 2.05) is 6.07 Å². The van der Waals surface area contributed by atoms with E-state index in [-0.39, 0.29) is 17.8 Å². The van der Waals surface area contributed by atoms with Crippen molar-refractivity contribution in [2.75, 3.05) is 12.0 Å². The highest BCUT2D eigenvalue weighted by molar-refractivity contribution is 7.90. The molecule has 0 radical (unpaired) electrons. The Morgan fingerprint density at radius 3 is 2.55 bits per heavy atom. The van der Waals surface area contributed by atoms with Gasteiger partial charge in [0.2, 0.25) is 0 Å². The number of aliphatic hydroxyl groups is 1. The minimum Gasteiger partial charge on any atom is -0.393 e. The molecule has 3 atom stereocenters. The van der Waals surface area contributed by atoms with Crippen molar-refractivity contribution in [1.29, 1.82) is 0 Å². The van der Waals surface area contributed by atoms with Crippen LogP contribution in [0.2, 0.25) is 0 Å².